The number of aliphatic hydroxyl groups is 5. The van der Waals surface area contributed by atoms with Crippen molar-refractivity contribution < 1.29 is 30.3 Å². The van der Waals surface area contributed by atoms with Crippen LogP contribution in [0.4, 0.5) is 0 Å². The fourth-order valence-electron chi connectivity index (χ4n) is 6.61. The highest BCUT2D eigenvalue weighted by atomic mass is 16.4. The highest BCUT2D eigenvalue weighted by molar-refractivity contribution is 5.76. The third kappa shape index (κ3) is 3.82. The quantitative estimate of drug-likeness (QED) is 0.274. The summed E-state index contributed by atoms with van der Waals surface area (Å²) in [6, 6.07) is -0.959. The van der Waals surface area contributed by atoms with Crippen molar-refractivity contribution in [2.75, 3.05) is 6.54 Å². The Morgan fingerprint density at radius 1 is 0.786 bits per heavy atom. The van der Waals surface area contributed by atoms with Gasteiger partial charge in [-0.2, -0.15) is 0 Å². The molecular formula is C20H34N2O6. The van der Waals surface area contributed by atoms with Crippen LogP contribution in [0.25, 0.3) is 0 Å². The second-order valence-corrected chi connectivity index (χ2v) is 9.78. The molecule has 0 heterocycles. The van der Waals surface area contributed by atoms with Crippen molar-refractivity contribution in [1.82, 2.24) is 10.6 Å². The van der Waals surface area contributed by atoms with Crippen LogP contribution in [0.3, 0.4) is 0 Å². The summed E-state index contributed by atoms with van der Waals surface area (Å²) in [4.78, 5) is 12.5. The van der Waals surface area contributed by atoms with Crippen molar-refractivity contribution in [1.29, 1.82) is 0 Å². The van der Waals surface area contributed by atoms with Crippen LogP contribution in [0.2, 0.25) is 0 Å². The number of amides is 1. The molecule has 4 bridgehead atoms. The van der Waals surface area contributed by atoms with Crippen molar-refractivity contribution in [3.63, 3.8) is 0 Å². The van der Waals surface area contributed by atoms with Crippen LogP contribution in [0.15, 0.2) is 0 Å². The van der Waals surface area contributed by atoms with Crippen LogP contribution in [0, 0.1) is 17.8 Å². The van der Waals surface area contributed by atoms with Gasteiger partial charge in [0.25, 0.3) is 0 Å². The number of nitrogens with one attached hydrogen (secondary N) is 2. The van der Waals surface area contributed by atoms with Crippen LogP contribution < -0.4 is 10.6 Å². The lowest BCUT2D eigenvalue weighted by atomic mass is 9.53. The van der Waals surface area contributed by atoms with Gasteiger partial charge < -0.3 is 36.2 Å². The monoisotopic (exact) mass is 398 g/mol. The lowest BCUT2D eigenvalue weighted by Crippen LogP contribution is -2.67. The summed E-state index contributed by atoms with van der Waals surface area (Å²) in [7, 11) is 0. The molecule has 0 aliphatic heterocycles. The first-order valence-corrected chi connectivity index (χ1v) is 10.7. The second kappa shape index (κ2) is 7.81. The third-order valence-corrected chi connectivity index (χ3v) is 7.54. The van der Waals surface area contributed by atoms with Gasteiger partial charge in [0.05, 0.1) is 6.04 Å². The maximum atomic E-state index is 12.5. The average molecular weight is 399 g/mol. The molecule has 5 fully saturated rings. The highest BCUT2D eigenvalue weighted by Crippen LogP contribution is 2.55. The van der Waals surface area contributed by atoms with Gasteiger partial charge in [-0.1, -0.05) is 0 Å². The van der Waals surface area contributed by atoms with Gasteiger partial charge in [0.1, 0.15) is 30.5 Å². The molecule has 0 aromatic heterocycles. The fourth-order valence-corrected chi connectivity index (χ4v) is 6.61. The second-order valence-electron chi connectivity index (χ2n) is 9.78. The number of rotatable bonds is 6. The van der Waals surface area contributed by atoms with E-state index in [1.165, 1.54) is 19.3 Å². The topological polar surface area (TPSA) is 142 Å². The van der Waals surface area contributed by atoms with E-state index in [0.717, 1.165) is 37.0 Å². The first-order valence-electron chi connectivity index (χ1n) is 10.7. The van der Waals surface area contributed by atoms with Gasteiger partial charge in [-0.3, -0.25) is 4.79 Å². The number of hydrogen-bond donors (Lipinski definition) is 7. The molecule has 0 radical (unpaired) electrons. The highest BCUT2D eigenvalue weighted by Gasteiger charge is 2.51. The molecule has 8 heteroatoms. The lowest BCUT2D eigenvalue weighted by molar-refractivity contribution is -0.190. The van der Waals surface area contributed by atoms with E-state index in [2.05, 4.69) is 10.6 Å². The van der Waals surface area contributed by atoms with Gasteiger partial charge in [0, 0.05) is 12.0 Å². The molecule has 5 rings (SSSR count). The Morgan fingerprint density at radius 2 is 1.25 bits per heavy atom. The Labute approximate surface area is 165 Å². The molecule has 5 aliphatic rings. The van der Waals surface area contributed by atoms with E-state index in [1.807, 2.05) is 0 Å². The van der Waals surface area contributed by atoms with E-state index in [-0.39, 0.29) is 11.4 Å². The van der Waals surface area contributed by atoms with E-state index in [0.29, 0.717) is 19.4 Å². The van der Waals surface area contributed by atoms with Gasteiger partial charge in [0.2, 0.25) is 5.91 Å². The molecular weight excluding hydrogens is 364 g/mol. The van der Waals surface area contributed by atoms with E-state index in [4.69, 9.17) is 0 Å². The van der Waals surface area contributed by atoms with E-state index in [9.17, 15) is 30.3 Å². The minimum atomic E-state index is -1.59. The molecule has 5 saturated carbocycles. The summed E-state index contributed by atoms with van der Waals surface area (Å²) < 4.78 is 0. The Hall–Kier alpha value is -0.770. The number of carbonyl (C=O) groups excluding carboxylic acids is 1. The SMILES string of the molecule is O=C(CCCNC1[C@@H](O)[C@H](O)C(O)[C@H](O)[C@@H]1O)NC12CC3CC(CC(C3)C1)C2. The standard InChI is InChI=1S/C20H34N2O6/c23-13(22-20-7-10-4-11(8-20)6-12(5-10)9-20)2-1-3-21-14-15(24)17(26)19(28)18(27)16(14)25/h10-12,14-19,21,24-28H,1-9H2,(H,22,23)/t10?,11?,12?,14?,15-,16-,17-,18+,19?,20?/m1/s1. The summed E-state index contributed by atoms with van der Waals surface area (Å²) in [6.45, 7) is 0.350. The Kier molecular flexibility index (Phi) is 5.72. The van der Waals surface area contributed by atoms with Crippen LogP contribution >= 0.6 is 0 Å². The molecule has 0 aromatic rings. The molecule has 2 unspecified atom stereocenters. The van der Waals surface area contributed by atoms with E-state index in [1.54, 1.807) is 0 Å². The zero-order valence-electron chi connectivity index (χ0n) is 16.2. The van der Waals surface area contributed by atoms with Gasteiger partial charge in [-0.15, -0.1) is 0 Å². The predicted molar refractivity (Wildman–Crippen MR) is 100 cm³/mol. The average Bonchev–Trinajstić information content (AvgIpc) is 2.62. The molecule has 0 spiro atoms. The minimum absolute atomic E-state index is 0.000617. The molecule has 5 aliphatic carbocycles. The van der Waals surface area contributed by atoms with Gasteiger partial charge in [0.15, 0.2) is 0 Å². The smallest absolute Gasteiger partial charge is 0.220 e. The molecule has 1 amide bonds. The maximum Gasteiger partial charge on any atom is 0.220 e. The zero-order chi connectivity index (χ0) is 20.1. The Balaban J connectivity index is 1.22. The van der Waals surface area contributed by atoms with Crippen molar-refractivity contribution in [2.45, 2.75) is 93.5 Å². The summed E-state index contributed by atoms with van der Waals surface area (Å²) in [6.07, 6.45) is 0.754. The molecule has 0 saturated heterocycles. The zero-order valence-corrected chi connectivity index (χ0v) is 16.2. The molecule has 0 aromatic carbocycles. The summed E-state index contributed by atoms with van der Waals surface area (Å²) in [5.74, 6) is 2.37. The maximum absolute atomic E-state index is 12.5. The normalized spacial score (nSPS) is 50.0. The lowest BCUT2D eigenvalue weighted by Gasteiger charge is -2.56. The summed E-state index contributed by atoms with van der Waals surface area (Å²) >= 11 is 0. The molecule has 160 valence electrons. The first-order chi connectivity index (χ1) is 13.3. The Bertz CT molecular complexity index is 536. The third-order valence-electron chi connectivity index (χ3n) is 7.54. The summed E-state index contributed by atoms with van der Waals surface area (Å²) in [5.41, 5.74) is -0.000617. The van der Waals surface area contributed by atoms with Crippen molar-refractivity contribution in [2.24, 2.45) is 17.8 Å². The van der Waals surface area contributed by atoms with Gasteiger partial charge >= 0.3 is 0 Å². The van der Waals surface area contributed by atoms with Crippen molar-refractivity contribution in [3.8, 4) is 0 Å². The summed E-state index contributed by atoms with van der Waals surface area (Å²) in [5, 5.41) is 55.4. The molecule has 8 nitrogen and oxygen atoms in total. The van der Waals surface area contributed by atoms with E-state index >= 15 is 0 Å². The number of carbonyl (C=O) groups is 1. The van der Waals surface area contributed by atoms with E-state index < -0.39 is 36.6 Å². The van der Waals surface area contributed by atoms with Crippen molar-refractivity contribution in [3.05, 3.63) is 0 Å². The fraction of sp³-hybridized carbons (Fsp3) is 0.950. The largest absolute Gasteiger partial charge is 0.389 e. The molecule has 7 N–H and O–H groups in total. The van der Waals surface area contributed by atoms with Gasteiger partial charge in [-0.05, 0) is 69.2 Å². The predicted octanol–water partition coefficient (Wildman–Crippen LogP) is -1.37. The molecule has 28 heavy (non-hydrogen) atoms. The van der Waals surface area contributed by atoms with Crippen LogP contribution in [-0.4, -0.2) is 80.1 Å². The van der Waals surface area contributed by atoms with Crippen molar-refractivity contribution >= 4 is 5.91 Å². The number of hydrogen-bond acceptors (Lipinski definition) is 7. The van der Waals surface area contributed by atoms with Gasteiger partial charge in [-0.25, -0.2) is 0 Å². The van der Waals surface area contributed by atoms with Crippen LogP contribution in [0.1, 0.15) is 51.4 Å². The number of aliphatic hydroxyl groups excluding tert-OH is 5. The minimum Gasteiger partial charge on any atom is -0.389 e. The molecule has 6 atom stereocenters. The van der Waals surface area contributed by atoms with Crippen LogP contribution in [-0.2, 0) is 4.79 Å². The van der Waals surface area contributed by atoms with Crippen LogP contribution in [0.5, 0.6) is 0 Å². The Morgan fingerprint density at radius 3 is 1.75 bits per heavy atom. The first kappa shape index (κ1) is 20.5.